The van der Waals surface area contributed by atoms with Crippen LogP contribution in [0, 0.1) is 9.39 Å². The highest BCUT2D eigenvalue weighted by atomic mass is 127. The predicted molar refractivity (Wildman–Crippen MR) is 83.2 cm³/mol. The van der Waals surface area contributed by atoms with Gasteiger partial charge in [-0.05, 0) is 53.6 Å². The van der Waals surface area contributed by atoms with Crippen molar-refractivity contribution in [1.82, 2.24) is 4.98 Å². The van der Waals surface area contributed by atoms with Gasteiger partial charge in [-0.25, -0.2) is 9.37 Å². The van der Waals surface area contributed by atoms with Crippen LogP contribution in [-0.4, -0.2) is 16.1 Å². The number of benzene rings is 1. The van der Waals surface area contributed by atoms with E-state index in [1.54, 1.807) is 6.07 Å². The molecule has 2 aromatic rings. The molecule has 1 atom stereocenters. The van der Waals surface area contributed by atoms with E-state index in [0.717, 1.165) is 20.6 Å². The van der Waals surface area contributed by atoms with Crippen molar-refractivity contribution in [3.05, 3.63) is 38.2 Å². The summed E-state index contributed by atoms with van der Waals surface area (Å²) in [5.74, 6) is -1.60. The number of nitrogens with zero attached hydrogens (tertiary/aromatic N) is 1. The Balaban J connectivity index is 1.86. The van der Waals surface area contributed by atoms with E-state index in [-0.39, 0.29) is 5.82 Å². The Morgan fingerprint density at radius 1 is 1.55 bits per heavy atom. The van der Waals surface area contributed by atoms with E-state index in [9.17, 15) is 9.18 Å². The van der Waals surface area contributed by atoms with Crippen molar-refractivity contribution in [2.24, 2.45) is 0 Å². The van der Waals surface area contributed by atoms with Crippen LogP contribution in [0.4, 0.5) is 15.2 Å². The maximum absolute atomic E-state index is 13.0. The normalized spacial score (nSPS) is 17.0. The molecule has 0 aliphatic heterocycles. The fourth-order valence-electron chi connectivity index (χ4n) is 2.23. The van der Waals surface area contributed by atoms with Crippen molar-refractivity contribution >= 4 is 50.7 Å². The van der Waals surface area contributed by atoms with Crippen molar-refractivity contribution in [3.63, 3.8) is 0 Å². The number of carboxylic acid groups (broad SMARTS) is 1. The molecule has 20 heavy (non-hydrogen) atoms. The molecular weight excluding hydrogens is 394 g/mol. The van der Waals surface area contributed by atoms with Gasteiger partial charge in [0.05, 0.1) is 11.4 Å². The van der Waals surface area contributed by atoms with Crippen LogP contribution in [0.25, 0.3) is 0 Å². The van der Waals surface area contributed by atoms with Crippen molar-refractivity contribution < 1.29 is 14.3 Å². The minimum atomic E-state index is -0.822. The van der Waals surface area contributed by atoms with Crippen LogP contribution in [-0.2, 0) is 11.2 Å². The third kappa shape index (κ3) is 2.51. The number of carbonyl (C=O) groups is 1. The number of hydrogen-bond donors (Lipinski definition) is 2. The second kappa shape index (κ2) is 5.28. The van der Waals surface area contributed by atoms with Crippen molar-refractivity contribution in [1.29, 1.82) is 0 Å². The lowest BCUT2D eigenvalue weighted by molar-refractivity contribution is -0.138. The summed E-state index contributed by atoms with van der Waals surface area (Å²) < 4.78 is 13.8. The van der Waals surface area contributed by atoms with Gasteiger partial charge in [0.1, 0.15) is 11.7 Å². The number of hydrogen-bond acceptors (Lipinski definition) is 4. The van der Waals surface area contributed by atoms with Gasteiger partial charge in [0.25, 0.3) is 0 Å². The molecule has 4 nitrogen and oxygen atoms in total. The molecule has 1 aromatic carbocycles. The largest absolute Gasteiger partial charge is 0.481 e. The first-order chi connectivity index (χ1) is 9.54. The lowest BCUT2D eigenvalue weighted by Crippen LogP contribution is -2.08. The Kier molecular flexibility index (Phi) is 3.63. The summed E-state index contributed by atoms with van der Waals surface area (Å²) in [6.07, 6.45) is 1.38. The summed E-state index contributed by atoms with van der Waals surface area (Å²) in [5.41, 5.74) is 1.44. The quantitative estimate of drug-likeness (QED) is 0.766. The number of fused-ring (bicyclic) bond motifs is 1. The molecule has 1 aliphatic rings. The Hall–Kier alpha value is -1.22. The number of halogens is 2. The summed E-state index contributed by atoms with van der Waals surface area (Å²) >= 11 is 3.51. The van der Waals surface area contributed by atoms with E-state index in [1.165, 1.54) is 23.5 Å². The summed E-state index contributed by atoms with van der Waals surface area (Å²) in [6, 6.07) is 4.47. The SMILES string of the molecule is O=C(O)C1CCc2sc(Nc3ccc(F)cc3I)nc21. The van der Waals surface area contributed by atoms with Crippen LogP contribution in [0.3, 0.4) is 0 Å². The summed E-state index contributed by atoms with van der Waals surface area (Å²) in [4.78, 5) is 16.5. The fraction of sp³-hybridized carbons (Fsp3) is 0.231. The third-order valence-corrected chi connectivity index (χ3v) is 5.13. The van der Waals surface area contributed by atoms with Gasteiger partial charge in [-0.1, -0.05) is 0 Å². The molecule has 0 amide bonds. The summed E-state index contributed by atoms with van der Waals surface area (Å²) in [6.45, 7) is 0. The second-order valence-corrected chi connectivity index (χ2v) is 6.75. The second-order valence-electron chi connectivity index (χ2n) is 4.51. The van der Waals surface area contributed by atoms with Crippen molar-refractivity contribution in [2.45, 2.75) is 18.8 Å². The van der Waals surface area contributed by atoms with E-state index in [4.69, 9.17) is 5.11 Å². The van der Waals surface area contributed by atoms with Crippen molar-refractivity contribution in [3.8, 4) is 0 Å². The highest BCUT2D eigenvalue weighted by Crippen LogP contribution is 2.39. The molecule has 2 N–H and O–H groups in total. The molecule has 1 aromatic heterocycles. The van der Waals surface area contributed by atoms with Crippen LogP contribution in [0.15, 0.2) is 18.2 Å². The summed E-state index contributed by atoms with van der Waals surface area (Å²) in [5, 5.41) is 12.9. The first-order valence-corrected chi connectivity index (χ1v) is 7.88. The molecule has 7 heteroatoms. The maximum atomic E-state index is 13.0. The van der Waals surface area contributed by atoms with Gasteiger partial charge in [0, 0.05) is 8.45 Å². The molecule has 1 aliphatic carbocycles. The number of nitrogens with one attached hydrogen (secondary N) is 1. The number of anilines is 2. The third-order valence-electron chi connectivity index (χ3n) is 3.19. The lowest BCUT2D eigenvalue weighted by Gasteiger charge is -2.06. The van der Waals surface area contributed by atoms with Crippen LogP contribution >= 0.6 is 33.9 Å². The zero-order valence-electron chi connectivity index (χ0n) is 10.2. The molecule has 0 fully saturated rings. The van der Waals surface area contributed by atoms with Gasteiger partial charge in [-0.2, -0.15) is 0 Å². The van der Waals surface area contributed by atoms with E-state index in [0.29, 0.717) is 17.2 Å². The minimum absolute atomic E-state index is 0.285. The molecule has 1 heterocycles. The summed E-state index contributed by atoms with van der Waals surface area (Å²) in [7, 11) is 0. The van der Waals surface area contributed by atoms with Crippen LogP contribution in [0.2, 0.25) is 0 Å². The highest BCUT2D eigenvalue weighted by molar-refractivity contribution is 14.1. The molecular formula is C13H10FIN2O2S. The van der Waals surface area contributed by atoms with E-state index >= 15 is 0 Å². The van der Waals surface area contributed by atoms with Gasteiger partial charge in [-0.15, -0.1) is 11.3 Å². The zero-order valence-corrected chi connectivity index (χ0v) is 13.2. The number of thiazole rings is 1. The molecule has 0 bridgehead atoms. The van der Waals surface area contributed by atoms with E-state index in [2.05, 4.69) is 10.3 Å². The van der Waals surface area contributed by atoms with E-state index in [1.807, 2.05) is 22.6 Å². The first-order valence-electron chi connectivity index (χ1n) is 5.99. The zero-order chi connectivity index (χ0) is 14.3. The first kappa shape index (κ1) is 13.7. The van der Waals surface area contributed by atoms with Crippen molar-refractivity contribution in [2.75, 3.05) is 5.32 Å². The van der Waals surface area contributed by atoms with Gasteiger partial charge in [0.2, 0.25) is 0 Å². The topological polar surface area (TPSA) is 62.2 Å². The van der Waals surface area contributed by atoms with Gasteiger partial charge in [-0.3, -0.25) is 4.79 Å². The maximum Gasteiger partial charge on any atom is 0.312 e. The number of aryl methyl sites for hydroxylation is 1. The lowest BCUT2D eigenvalue weighted by atomic mass is 10.1. The average molecular weight is 404 g/mol. The molecule has 0 saturated carbocycles. The van der Waals surface area contributed by atoms with Gasteiger partial charge >= 0.3 is 5.97 Å². The predicted octanol–water partition coefficient (Wildman–Crippen LogP) is 3.74. The molecule has 0 radical (unpaired) electrons. The Morgan fingerprint density at radius 2 is 2.35 bits per heavy atom. The average Bonchev–Trinajstić information content (AvgIpc) is 2.91. The smallest absolute Gasteiger partial charge is 0.312 e. The Morgan fingerprint density at radius 3 is 3.05 bits per heavy atom. The molecule has 0 spiro atoms. The monoisotopic (exact) mass is 404 g/mol. The standard InChI is InChI=1S/C13H10FIN2O2S/c14-6-1-3-9(8(15)5-6)16-13-17-11-7(12(18)19)2-4-10(11)20-13/h1,3,5,7H,2,4H2,(H,16,17)(H,18,19). The Bertz CT molecular complexity index is 689. The van der Waals surface area contributed by atoms with Crippen LogP contribution in [0.5, 0.6) is 0 Å². The molecule has 3 rings (SSSR count). The fourth-order valence-corrected chi connectivity index (χ4v) is 3.89. The van der Waals surface area contributed by atoms with E-state index < -0.39 is 11.9 Å². The highest BCUT2D eigenvalue weighted by Gasteiger charge is 2.32. The number of aromatic nitrogens is 1. The number of carboxylic acids is 1. The molecule has 104 valence electrons. The Labute approximate surface area is 132 Å². The van der Waals surface area contributed by atoms with Gasteiger partial charge < -0.3 is 10.4 Å². The van der Waals surface area contributed by atoms with Crippen LogP contribution in [0.1, 0.15) is 22.9 Å². The number of aliphatic carboxylic acids is 1. The van der Waals surface area contributed by atoms with Crippen LogP contribution < -0.4 is 5.32 Å². The number of rotatable bonds is 3. The van der Waals surface area contributed by atoms with Gasteiger partial charge in [0.15, 0.2) is 5.13 Å². The minimum Gasteiger partial charge on any atom is -0.481 e. The molecule has 1 unspecified atom stereocenters. The molecule has 0 saturated heterocycles.